The van der Waals surface area contributed by atoms with Crippen LogP contribution in [0.2, 0.25) is 0 Å². The summed E-state index contributed by atoms with van der Waals surface area (Å²) in [6.07, 6.45) is 5.71. The Morgan fingerprint density at radius 1 is 0.679 bits per heavy atom. The molecule has 0 unspecified atom stereocenters. The minimum absolute atomic E-state index is 0. The summed E-state index contributed by atoms with van der Waals surface area (Å²) in [6.45, 7) is 19.8. The van der Waals surface area contributed by atoms with Crippen LogP contribution >= 0.6 is 0 Å². The molecule has 3 aromatic carbocycles. The average Bonchev–Trinajstić information content (AvgIpc) is 3.67. The zero-order valence-electron chi connectivity index (χ0n) is 31.4. The van der Waals surface area contributed by atoms with Crippen molar-refractivity contribution < 1.29 is 25.8 Å². The smallest absolute Gasteiger partial charge is 0.135 e. The Hall–Kier alpha value is -5.00. The van der Waals surface area contributed by atoms with Crippen LogP contribution in [0.4, 0.5) is 23.0 Å². The first-order valence-corrected chi connectivity index (χ1v) is 17.9. The van der Waals surface area contributed by atoms with Crippen LogP contribution in [-0.4, -0.2) is 19.5 Å². The summed E-state index contributed by atoms with van der Waals surface area (Å²) in [5.74, 6) is 3.99. The minimum Gasteiger partial charge on any atom is -0.509 e. The molecule has 0 N–H and O–H groups in total. The van der Waals surface area contributed by atoms with Gasteiger partial charge in [0.05, 0.1) is 5.69 Å². The van der Waals surface area contributed by atoms with E-state index in [2.05, 4.69) is 132 Å². The maximum atomic E-state index is 6.51. The molecule has 0 saturated heterocycles. The van der Waals surface area contributed by atoms with Crippen LogP contribution in [0.25, 0.3) is 27.6 Å². The quantitative estimate of drug-likeness (QED) is 0.155. The Kier molecular flexibility index (Phi) is 9.44. The third kappa shape index (κ3) is 6.72. The van der Waals surface area contributed by atoms with Gasteiger partial charge in [0.2, 0.25) is 0 Å². The molecule has 272 valence electrons. The van der Waals surface area contributed by atoms with Gasteiger partial charge in [-0.2, -0.15) is 12.1 Å². The fourth-order valence-electron chi connectivity index (χ4n) is 6.78. The predicted molar refractivity (Wildman–Crippen MR) is 211 cm³/mol. The summed E-state index contributed by atoms with van der Waals surface area (Å²) in [4.78, 5) is 18.8. The van der Waals surface area contributed by atoms with E-state index < -0.39 is 0 Å². The molecule has 5 heterocycles. The molecule has 4 aromatic heterocycles. The van der Waals surface area contributed by atoms with E-state index in [1.54, 1.807) is 0 Å². The van der Waals surface area contributed by atoms with Gasteiger partial charge in [-0.1, -0.05) is 84.8 Å². The van der Waals surface area contributed by atoms with Crippen LogP contribution in [0.15, 0.2) is 104 Å². The van der Waals surface area contributed by atoms with E-state index in [0.717, 1.165) is 50.6 Å². The number of hydrogen-bond donors (Lipinski definition) is 0. The van der Waals surface area contributed by atoms with E-state index in [9.17, 15) is 0 Å². The summed E-state index contributed by atoms with van der Waals surface area (Å²) >= 11 is 0. The van der Waals surface area contributed by atoms with Crippen LogP contribution in [0.3, 0.4) is 0 Å². The third-order valence-electron chi connectivity index (χ3n) is 9.73. The molecule has 0 amide bonds. The number of nitrogens with zero attached hydrogens (tertiary/aromatic N) is 6. The van der Waals surface area contributed by atoms with Gasteiger partial charge in [-0.05, 0) is 75.2 Å². The monoisotopic (exact) mass is 878 g/mol. The molecule has 8 heteroatoms. The van der Waals surface area contributed by atoms with E-state index in [-0.39, 0.29) is 37.8 Å². The number of benzene rings is 3. The second-order valence-corrected chi connectivity index (χ2v) is 15.8. The van der Waals surface area contributed by atoms with Gasteiger partial charge in [-0.3, -0.25) is 0 Å². The summed E-state index contributed by atoms with van der Waals surface area (Å²) in [7, 11) is 0. The van der Waals surface area contributed by atoms with Crippen molar-refractivity contribution in [1.82, 2.24) is 19.5 Å². The first-order valence-electron chi connectivity index (χ1n) is 17.9. The zero-order valence-corrected chi connectivity index (χ0v) is 33.6. The molecule has 0 aliphatic carbocycles. The molecule has 0 saturated carbocycles. The SMILES string of the molecule is CC(C)c1cc(C(C)(C)C)cnc1N1[CH-]N(c2[c-]c(Oc3[c-]c4c(cc3)c3ccccc3n4-c3cc(C(C)(C)C)ccn3)ccc2)c2ncccc21.[Pt]. The zero-order chi connectivity index (χ0) is 36.4. The maximum Gasteiger partial charge on any atom is 0.135 e. The predicted octanol–water partition coefficient (Wildman–Crippen LogP) is 11.5. The van der Waals surface area contributed by atoms with Gasteiger partial charge < -0.3 is 19.1 Å². The van der Waals surface area contributed by atoms with Crippen molar-refractivity contribution in [2.24, 2.45) is 0 Å². The van der Waals surface area contributed by atoms with E-state index in [4.69, 9.17) is 19.7 Å². The molecule has 0 bridgehead atoms. The van der Waals surface area contributed by atoms with Crippen molar-refractivity contribution in [3.8, 4) is 17.3 Å². The standard InChI is InChI=1S/C45H43N6O.Pt/c1-29(2)37-23-31(45(6,7)8)27-48-42(37)50-28-49(43-39(50)17-12-21-47-43)32-13-11-14-33(25-32)52-34-18-19-36-35-15-9-10-16-38(35)51(40(36)26-34)41-24-30(20-22-46-41)44(3,4)5;/h9-24,27-29H,1-8H3;/q-3;. The van der Waals surface area contributed by atoms with Crippen LogP contribution in [0, 0.1) is 18.8 Å². The normalized spacial score (nSPS) is 13.2. The van der Waals surface area contributed by atoms with E-state index in [1.165, 1.54) is 16.7 Å². The third-order valence-corrected chi connectivity index (χ3v) is 9.73. The van der Waals surface area contributed by atoms with Gasteiger partial charge >= 0.3 is 0 Å². The van der Waals surface area contributed by atoms with Crippen molar-refractivity contribution in [2.45, 2.75) is 72.1 Å². The topological polar surface area (TPSA) is 59.3 Å². The van der Waals surface area contributed by atoms with Crippen molar-refractivity contribution in [1.29, 1.82) is 0 Å². The number of pyridine rings is 3. The molecular weight excluding hydrogens is 836 g/mol. The Labute approximate surface area is 326 Å². The van der Waals surface area contributed by atoms with Crippen molar-refractivity contribution in [3.63, 3.8) is 0 Å². The molecule has 0 atom stereocenters. The summed E-state index contributed by atoms with van der Waals surface area (Å²) < 4.78 is 8.69. The Balaban J connectivity index is 0.00000435. The fraction of sp³-hybridized carbons (Fsp3) is 0.244. The molecule has 53 heavy (non-hydrogen) atoms. The van der Waals surface area contributed by atoms with Gasteiger partial charge in [0.25, 0.3) is 0 Å². The number of ether oxygens (including phenoxy) is 1. The number of hydrogen-bond acceptors (Lipinski definition) is 6. The van der Waals surface area contributed by atoms with Crippen LogP contribution in [-0.2, 0) is 31.9 Å². The van der Waals surface area contributed by atoms with Crippen LogP contribution in [0.1, 0.15) is 78.0 Å². The van der Waals surface area contributed by atoms with E-state index in [1.807, 2.05) is 60.5 Å². The van der Waals surface area contributed by atoms with E-state index >= 15 is 0 Å². The van der Waals surface area contributed by atoms with Gasteiger partial charge in [-0.25, -0.2) is 15.0 Å². The molecule has 1 aliphatic heterocycles. The first-order chi connectivity index (χ1) is 24.9. The Morgan fingerprint density at radius 2 is 1.45 bits per heavy atom. The number of aromatic nitrogens is 4. The molecule has 7 aromatic rings. The molecule has 8 rings (SSSR count). The molecule has 1 aliphatic rings. The largest absolute Gasteiger partial charge is 0.509 e. The number of para-hydroxylation sites is 1. The molecule has 0 spiro atoms. The maximum absolute atomic E-state index is 6.51. The molecular formula is C45H43N6OPt-3. The van der Waals surface area contributed by atoms with Crippen molar-refractivity contribution in [3.05, 3.63) is 139 Å². The van der Waals surface area contributed by atoms with Gasteiger partial charge in [-0.15, -0.1) is 42.4 Å². The van der Waals surface area contributed by atoms with Gasteiger partial charge in [0, 0.05) is 56.7 Å². The number of anilines is 4. The van der Waals surface area contributed by atoms with Crippen molar-refractivity contribution >= 4 is 44.8 Å². The minimum atomic E-state index is -0.0147. The Morgan fingerprint density at radius 3 is 2.23 bits per heavy atom. The first kappa shape index (κ1) is 36.4. The van der Waals surface area contributed by atoms with E-state index in [0.29, 0.717) is 11.5 Å². The van der Waals surface area contributed by atoms with Gasteiger partial charge in [0.15, 0.2) is 0 Å². The number of rotatable bonds is 6. The van der Waals surface area contributed by atoms with Crippen LogP contribution < -0.4 is 14.5 Å². The van der Waals surface area contributed by atoms with Gasteiger partial charge in [0.1, 0.15) is 17.5 Å². The van der Waals surface area contributed by atoms with Crippen LogP contribution in [0.5, 0.6) is 11.5 Å². The summed E-state index contributed by atoms with van der Waals surface area (Å²) in [5, 5.41) is 2.23. The second kappa shape index (κ2) is 13.8. The second-order valence-electron chi connectivity index (χ2n) is 15.8. The Bertz CT molecular complexity index is 2460. The van der Waals surface area contributed by atoms with Crippen molar-refractivity contribution in [2.75, 3.05) is 9.80 Å². The molecule has 0 radical (unpaired) electrons. The molecule has 7 nitrogen and oxygen atoms in total. The fourth-order valence-corrected chi connectivity index (χ4v) is 6.78. The summed E-state index contributed by atoms with van der Waals surface area (Å²) in [6, 6.07) is 36.1. The number of fused-ring (bicyclic) bond motifs is 4. The summed E-state index contributed by atoms with van der Waals surface area (Å²) in [5.41, 5.74) is 7.33. The molecule has 0 fully saturated rings. The average molecular weight is 879 g/mol.